The summed E-state index contributed by atoms with van der Waals surface area (Å²) in [5, 5.41) is 9.08. The lowest BCUT2D eigenvalue weighted by Crippen LogP contribution is -2.54. The first-order valence-corrected chi connectivity index (χ1v) is 7.09. The monoisotopic (exact) mass is 309 g/mol. The molecule has 1 aromatic rings. The molecule has 114 valence electrons. The molecule has 2 unspecified atom stereocenters. The first-order valence-electron chi connectivity index (χ1n) is 7.09. The number of piperidine rings is 1. The third-order valence-corrected chi connectivity index (χ3v) is 4.01. The summed E-state index contributed by atoms with van der Waals surface area (Å²) in [5.41, 5.74) is 2.50. The summed E-state index contributed by atoms with van der Waals surface area (Å²) in [4.78, 5) is 23.4. The molecule has 0 aromatic heterocycles. The third-order valence-electron chi connectivity index (χ3n) is 4.01. The highest BCUT2D eigenvalue weighted by Crippen LogP contribution is 2.16. The summed E-state index contributed by atoms with van der Waals surface area (Å²) in [6, 6.07) is 8.08. The van der Waals surface area contributed by atoms with Crippen LogP contribution in [0.1, 0.15) is 24.0 Å². The predicted octanol–water partition coefficient (Wildman–Crippen LogP) is 0.517. The Morgan fingerprint density at radius 3 is 2.71 bits per heavy atom. The van der Waals surface area contributed by atoms with Crippen molar-refractivity contribution in [3.05, 3.63) is 35.4 Å². The maximum absolute atomic E-state index is 12.3. The van der Waals surface area contributed by atoms with Crippen LogP contribution in [0.5, 0.6) is 0 Å². The van der Waals surface area contributed by atoms with Gasteiger partial charge in [-0.2, -0.15) is 0 Å². The molecular weight excluding hydrogens is 290 g/mol. The average molecular weight is 310 g/mol. The van der Waals surface area contributed by atoms with Crippen LogP contribution < -0.4 is 16.0 Å². The lowest BCUT2D eigenvalue weighted by molar-refractivity contribution is -0.126. The number of amides is 2. The second-order valence-electron chi connectivity index (χ2n) is 5.45. The largest absolute Gasteiger partial charge is 0.354 e. The van der Waals surface area contributed by atoms with Gasteiger partial charge in [0.05, 0.1) is 6.04 Å². The van der Waals surface area contributed by atoms with Crippen LogP contribution in [0, 0.1) is 0 Å². The zero-order valence-corrected chi connectivity index (χ0v) is 12.5. The van der Waals surface area contributed by atoms with Gasteiger partial charge in [0.15, 0.2) is 0 Å². The maximum Gasteiger partial charge on any atom is 0.237 e. The second kappa shape index (κ2) is 6.91. The van der Waals surface area contributed by atoms with Crippen molar-refractivity contribution in [3.8, 4) is 0 Å². The van der Waals surface area contributed by atoms with E-state index in [0.717, 1.165) is 19.4 Å². The van der Waals surface area contributed by atoms with Gasteiger partial charge < -0.3 is 16.0 Å². The van der Waals surface area contributed by atoms with E-state index in [0.29, 0.717) is 13.0 Å². The summed E-state index contributed by atoms with van der Waals surface area (Å²) in [7, 11) is 0. The van der Waals surface area contributed by atoms with Crippen LogP contribution in [0.15, 0.2) is 24.3 Å². The third kappa shape index (κ3) is 3.74. The van der Waals surface area contributed by atoms with Crippen LogP contribution in [-0.4, -0.2) is 30.4 Å². The number of nitrogens with one attached hydrogen (secondary N) is 3. The van der Waals surface area contributed by atoms with Crippen molar-refractivity contribution in [1.29, 1.82) is 0 Å². The predicted molar refractivity (Wildman–Crippen MR) is 82.2 cm³/mol. The Balaban J connectivity index is 0.00000161. The first-order chi connectivity index (χ1) is 9.72. The molecule has 0 radical (unpaired) electrons. The molecule has 1 fully saturated rings. The van der Waals surface area contributed by atoms with E-state index in [1.54, 1.807) is 0 Å². The summed E-state index contributed by atoms with van der Waals surface area (Å²) in [5.74, 6) is 0.0980. The minimum Gasteiger partial charge on any atom is -0.354 e. The fourth-order valence-electron chi connectivity index (χ4n) is 2.80. The minimum atomic E-state index is -0.178. The molecule has 6 heteroatoms. The fraction of sp³-hybridized carbons (Fsp3) is 0.467. The van der Waals surface area contributed by atoms with E-state index in [-0.39, 0.29) is 36.3 Å². The summed E-state index contributed by atoms with van der Waals surface area (Å²) in [6.07, 6.45) is 1.94. The van der Waals surface area contributed by atoms with E-state index in [1.165, 1.54) is 11.1 Å². The van der Waals surface area contributed by atoms with Gasteiger partial charge in [0, 0.05) is 25.6 Å². The minimum absolute atomic E-state index is 0. The molecule has 0 bridgehead atoms. The van der Waals surface area contributed by atoms with Gasteiger partial charge in [-0.25, -0.2) is 0 Å². The summed E-state index contributed by atoms with van der Waals surface area (Å²) < 4.78 is 0. The smallest absolute Gasteiger partial charge is 0.237 e. The fourth-order valence-corrected chi connectivity index (χ4v) is 2.80. The number of halogens is 1. The van der Waals surface area contributed by atoms with Crippen molar-refractivity contribution < 1.29 is 9.59 Å². The Labute approximate surface area is 130 Å². The topological polar surface area (TPSA) is 70.2 Å². The Hall–Kier alpha value is -1.59. The molecular formula is C15H20ClN3O2. The van der Waals surface area contributed by atoms with Crippen LogP contribution in [0.2, 0.25) is 0 Å². The van der Waals surface area contributed by atoms with Crippen LogP contribution in [0.25, 0.3) is 0 Å². The Kier molecular flexibility index (Phi) is 5.20. The quantitative estimate of drug-likeness (QED) is 0.746. The zero-order valence-electron chi connectivity index (χ0n) is 11.7. The van der Waals surface area contributed by atoms with Gasteiger partial charge >= 0.3 is 0 Å². The van der Waals surface area contributed by atoms with Crippen molar-refractivity contribution in [2.75, 3.05) is 6.54 Å². The molecule has 5 nitrogen and oxygen atoms in total. The van der Waals surface area contributed by atoms with Gasteiger partial charge in [0.25, 0.3) is 0 Å². The number of hydrogen-bond acceptors (Lipinski definition) is 3. The molecule has 0 saturated carbocycles. The number of rotatable bonds is 2. The van der Waals surface area contributed by atoms with Crippen LogP contribution in [0.4, 0.5) is 0 Å². The highest BCUT2D eigenvalue weighted by molar-refractivity contribution is 5.85. The van der Waals surface area contributed by atoms with Gasteiger partial charge in [-0.05, 0) is 24.0 Å². The van der Waals surface area contributed by atoms with Crippen LogP contribution >= 0.6 is 12.4 Å². The van der Waals surface area contributed by atoms with E-state index in [2.05, 4.69) is 28.1 Å². The van der Waals surface area contributed by atoms with Gasteiger partial charge in [-0.1, -0.05) is 24.3 Å². The Morgan fingerprint density at radius 2 is 2.00 bits per heavy atom. The number of carbonyl (C=O) groups excluding carboxylic acids is 2. The zero-order chi connectivity index (χ0) is 13.9. The van der Waals surface area contributed by atoms with Gasteiger partial charge in [-0.15, -0.1) is 12.4 Å². The van der Waals surface area contributed by atoms with Crippen molar-refractivity contribution >= 4 is 24.2 Å². The van der Waals surface area contributed by atoms with Crippen LogP contribution in [0.3, 0.4) is 0 Å². The van der Waals surface area contributed by atoms with E-state index >= 15 is 0 Å². The van der Waals surface area contributed by atoms with E-state index in [4.69, 9.17) is 0 Å². The molecule has 2 heterocycles. The average Bonchev–Trinajstić information content (AvgIpc) is 2.49. The number of benzene rings is 1. The van der Waals surface area contributed by atoms with Gasteiger partial charge in [0.1, 0.15) is 0 Å². The molecule has 0 aliphatic carbocycles. The summed E-state index contributed by atoms with van der Waals surface area (Å²) >= 11 is 0. The first kappa shape index (κ1) is 15.8. The Bertz CT molecular complexity index is 525. The number of carbonyl (C=O) groups is 2. The Morgan fingerprint density at radius 1 is 1.24 bits per heavy atom. The van der Waals surface area contributed by atoms with Crippen molar-refractivity contribution in [3.63, 3.8) is 0 Å². The molecule has 3 N–H and O–H groups in total. The molecule has 2 aliphatic rings. The number of fused-ring (bicyclic) bond motifs is 1. The summed E-state index contributed by atoms with van der Waals surface area (Å²) in [6.45, 7) is 1.27. The normalized spacial score (nSPS) is 24.3. The van der Waals surface area contributed by atoms with Gasteiger partial charge in [0.2, 0.25) is 11.8 Å². The molecule has 3 rings (SSSR count). The SMILES string of the molecule is Cl.O=C1CCC(NC(=O)C2Cc3ccccc3CN2)CN1. The van der Waals surface area contributed by atoms with Crippen molar-refractivity contribution in [2.45, 2.75) is 37.9 Å². The molecule has 2 atom stereocenters. The maximum atomic E-state index is 12.3. The lowest BCUT2D eigenvalue weighted by Gasteiger charge is -2.29. The molecule has 1 saturated heterocycles. The lowest BCUT2D eigenvalue weighted by atomic mass is 9.95. The van der Waals surface area contributed by atoms with Crippen molar-refractivity contribution in [1.82, 2.24) is 16.0 Å². The van der Waals surface area contributed by atoms with Crippen LogP contribution in [-0.2, 0) is 22.6 Å². The molecule has 2 amide bonds. The molecule has 1 aromatic carbocycles. The van der Waals surface area contributed by atoms with E-state index in [1.807, 2.05) is 12.1 Å². The van der Waals surface area contributed by atoms with E-state index in [9.17, 15) is 9.59 Å². The standard InChI is InChI=1S/C15H19N3O2.ClH/c19-14-6-5-12(9-17-14)18-15(20)13-7-10-3-1-2-4-11(10)8-16-13;/h1-4,12-13,16H,5-9H2,(H,17,19)(H,18,20);1H. The molecule has 0 spiro atoms. The second-order valence-corrected chi connectivity index (χ2v) is 5.45. The number of hydrogen-bond donors (Lipinski definition) is 3. The molecule has 2 aliphatic heterocycles. The van der Waals surface area contributed by atoms with Gasteiger partial charge in [-0.3, -0.25) is 9.59 Å². The highest BCUT2D eigenvalue weighted by atomic mass is 35.5. The highest BCUT2D eigenvalue weighted by Gasteiger charge is 2.27. The van der Waals surface area contributed by atoms with Crippen molar-refractivity contribution in [2.24, 2.45) is 0 Å². The molecule has 21 heavy (non-hydrogen) atoms. The van der Waals surface area contributed by atoms with E-state index < -0.39 is 0 Å².